The zero-order valence-electron chi connectivity index (χ0n) is 13.8. The van der Waals surface area contributed by atoms with E-state index in [0.29, 0.717) is 20.3 Å². The van der Waals surface area contributed by atoms with Crippen molar-refractivity contribution in [2.45, 2.75) is 0 Å². The first-order chi connectivity index (χ1) is 12.8. The van der Waals surface area contributed by atoms with Gasteiger partial charge in [-0.1, -0.05) is 15.9 Å². The van der Waals surface area contributed by atoms with Crippen LogP contribution < -0.4 is 14.2 Å². The van der Waals surface area contributed by atoms with E-state index < -0.39 is 10.9 Å². The second-order valence-corrected chi connectivity index (χ2v) is 7.60. The summed E-state index contributed by atoms with van der Waals surface area (Å²) in [5, 5.41) is 10.4. The number of benzene rings is 2. The number of hydrogen-bond acceptors (Lipinski definition) is 6. The minimum absolute atomic E-state index is 0.152. The normalized spacial score (nSPS) is 10.7. The molecule has 0 fully saturated rings. The number of hydrogen-bond donors (Lipinski definition) is 0. The lowest BCUT2D eigenvalue weighted by Crippen LogP contribution is -2.18. The van der Waals surface area contributed by atoms with Crippen LogP contribution in [0.2, 0.25) is 0 Å². The van der Waals surface area contributed by atoms with E-state index in [-0.39, 0.29) is 18.1 Å². The zero-order valence-corrected chi connectivity index (χ0v) is 18.5. The van der Waals surface area contributed by atoms with Gasteiger partial charge in [0, 0.05) is 10.5 Å². The molecule has 0 atom stereocenters. The van der Waals surface area contributed by atoms with Crippen LogP contribution in [0.1, 0.15) is 5.56 Å². The molecule has 0 radical (unpaired) electrons. The number of nitrogens with zero attached hydrogens (tertiary/aromatic N) is 1. The van der Waals surface area contributed by atoms with Gasteiger partial charge < -0.3 is 14.2 Å². The quantitative estimate of drug-likeness (QED) is 0.198. The predicted octanol–water partition coefficient (Wildman–Crippen LogP) is 5.21. The maximum atomic E-state index is 12.1. The largest absolute Gasteiger partial charge is 0.493 e. The van der Waals surface area contributed by atoms with Crippen LogP contribution in [0.3, 0.4) is 0 Å². The fourth-order valence-electron chi connectivity index (χ4n) is 1.95. The van der Waals surface area contributed by atoms with E-state index in [2.05, 4.69) is 47.8 Å². The fourth-order valence-corrected chi connectivity index (χ4v) is 3.66. The third kappa shape index (κ3) is 6.33. The second kappa shape index (κ2) is 9.86. The molecular formula is C17H12Br3NO6. The maximum absolute atomic E-state index is 12.1. The van der Waals surface area contributed by atoms with Crippen LogP contribution in [-0.4, -0.2) is 24.6 Å². The lowest BCUT2D eigenvalue weighted by Gasteiger charge is -2.13. The summed E-state index contributed by atoms with van der Waals surface area (Å²) in [5.41, 5.74) is 0.505. The van der Waals surface area contributed by atoms with E-state index in [4.69, 9.17) is 14.2 Å². The van der Waals surface area contributed by atoms with Gasteiger partial charge in [-0.05, 0) is 67.8 Å². The minimum Gasteiger partial charge on any atom is -0.493 e. The standard InChI is InChI=1S/C17H12Br3NO6/c1-25-15-7-10(4-5-21(23)24)6-13(20)17(15)27-16(22)9-26-14-3-2-11(18)8-12(14)19/h2-8H,9H2,1H3. The van der Waals surface area contributed by atoms with Crippen LogP contribution in [0, 0.1) is 10.1 Å². The Morgan fingerprint density at radius 1 is 1.15 bits per heavy atom. The molecule has 27 heavy (non-hydrogen) atoms. The van der Waals surface area contributed by atoms with Gasteiger partial charge in [0.15, 0.2) is 18.1 Å². The number of esters is 1. The highest BCUT2D eigenvalue weighted by molar-refractivity contribution is 9.11. The molecule has 0 saturated carbocycles. The molecule has 0 aliphatic rings. The molecule has 2 aromatic rings. The molecule has 0 spiro atoms. The van der Waals surface area contributed by atoms with E-state index >= 15 is 0 Å². The number of carbonyl (C=O) groups excluding carboxylic acids is 1. The van der Waals surface area contributed by atoms with Crippen molar-refractivity contribution in [2.75, 3.05) is 13.7 Å². The van der Waals surface area contributed by atoms with Gasteiger partial charge in [0.1, 0.15) is 5.75 Å². The van der Waals surface area contributed by atoms with Gasteiger partial charge in [-0.25, -0.2) is 4.79 Å². The van der Waals surface area contributed by atoms with E-state index in [0.717, 1.165) is 10.7 Å². The molecule has 0 bridgehead atoms. The van der Waals surface area contributed by atoms with Crippen molar-refractivity contribution < 1.29 is 23.9 Å². The van der Waals surface area contributed by atoms with E-state index in [1.165, 1.54) is 19.3 Å². The van der Waals surface area contributed by atoms with Crippen LogP contribution >= 0.6 is 47.8 Å². The van der Waals surface area contributed by atoms with Gasteiger partial charge in [0.05, 0.1) is 21.0 Å². The number of methoxy groups -OCH3 is 1. The number of rotatable bonds is 7. The molecule has 0 unspecified atom stereocenters. The predicted molar refractivity (Wildman–Crippen MR) is 110 cm³/mol. The Morgan fingerprint density at radius 2 is 1.89 bits per heavy atom. The molecule has 0 heterocycles. The molecule has 142 valence electrons. The van der Waals surface area contributed by atoms with Crippen molar-refractivity contribution in [2.24, 2.45) is 0 Å². The zero-order chi connectivity index (χ0) is 20.0. The summed E-state index contributed by atoms with van der Waals surface area (Å²) in [5.74, 6) is 0.239. The van der Waals surface area contributed by atoms with Crippen molar-refractivity contribution in [3.63, 3.8) is 0 Å². The molecule has 0 amide bonds. The highest BCUT2D eigenvalue weighted by Gasteiger charge is 2.16. The Labute approximate surface area is 179 Å². The average molecular weight is 566 g/mol. The van der Waals surface area contributed by atoms with Crippen molar-refractivity contribution >= 4 is 59.8 Å². The Bertz CT molecular complexity index is 900. The molecular weight excluding hydrogens is 554 g/mol. The highest BCUT2D eigenvalue weighted by atomic mass is 79.9. The molecule has 10 heteroatoms. The monoisotopic (exact) mass is 563 g/mol. The summed E-state index contributed by atoms with van der Waals surface area (Å²) in [6.45, 7) is -0.321. The van der Waals surface area contributed by atoms with Crippen LogP contribution in [0.4, 0.5) is 0 Å². The molecule has 0 N–H and O–H groups in total. The summed E-state index contributed by atoms with van der Waals surface area (Å²) in [6, 6.07) is 8.35. The number of carbonyl (C=O) groups is 1. The minimum atomic E-state index is -0.641. The van der Waals surface area contributed by atoms with Gasteiger partial charge in [-0.3, -0.25) is 10.1 Å². The number of ether oxygens (including phenoxy) is 3. The van der Waals surface area contributed by atoms with Crippen LogP contribution in [0.5, 0.6) is 17.2 Å². The summed E-state index contributed by atoms with van der Waals surface area (Å²) in [7, 11) is 1.40. The lowest BCUT2D eigenvalue weighted by molar-refractivity contribution is -0.400. The lowest BCUT2D eigenvalue weighted by atomic mass is 10.2. The molecule has 2 rings (SSSR count). The fraction of sp³-hybridized carbons (Fsp3) is 0.118. The Kier molecular flexibility index (Phi) is 7.81. The second-order valence-electron chi connectivity index (χ2n) is 4.97. The summed E-state index contributed by atoms with van der Waals surface area (Å²) < 4.78 is 17.9. The molecule has 0 aliphatic heterocycles. The molecule has 0 aliphatic carbocycles. The van der Waals surface area contributed by atoms with Gasteiger partial charge >= 0.3 is 5.97 Å². The third-order valence-corrected chi connectivity index (χ3v) is 4.80. The Morgan fingerprint density at radius 3 is 2.52 bits per heavy atom. The Balaban J connectivity index is 2.11. The van der Waals surface area contributed by atoms with E-state index in [1.54, 1.807) is 24.3 Å². The molecule has 2 aromatic carbocycles. The highest BCUT2D eigenvalue weighted by Crippen LogP contribution is 2.37. The molecule has 0 aromatic heterocycles. The van der Waals surface area contributed by atoms with Crippen molar-refractivity contribution in [3.05, 3.63) is 65.6 Å². The van der Waals surface area contributed by atoms with Gasteiger partial charge in [-0.2, -0.15) is 0 Å². The van der Waals surface area contributed by atoms with Gasteiger partial charge in [0.2, 0.25) is 6.20 Å². The first-order valence-electron chi connectivity index (χ1n) is 7.28. The number of halogens is 3. The topological polar surface area (TPSA) is 87.9 Å². The first-order valence-corrected chi connectivity index (χ1v) is 9.66. The number of nitro groups is 1. The smallest absolute Gasteiger partial charge is 0.349 e. The SMILES string of the molecule is COc1cc(C=C[N+](=O)[O-])cc(Br)c1OC(=O)COc1ccc(Br)cc1Br. The molecule has 7 nitrogen and oxygen atoms in total. The Hall–Kier alpha value is -1.91. The first kappa shape index (κ1) is 21.4. The maximum Gasteiger partial charge on any atom is 0.349 e. The van der Waals surface area contributed by atoms with Crippen molar-refractivity contribution in [1.29, 1.82) is 0 Å². The van der Waals surface area contributed by atoms with Crippen molar-refractivity contribution in [1.82, 2.24) is 0 Å². The van der Waals surface area contributed by atoms with E-state index in [9.17, 15) is 14.9 Å². The average Bonchev–Trinajstić information content (AvgIpc) is 2.61. The summed E-state index contributed by atoms with van der Waals surface area (Å²) >= 11 is 9.95. The van der Waals surface area contributed by atoms with Crippen molar-refractivity contribution in [3.8, 4) is 17.2 Å². The van der Waals surface area contributed by atoms with E-state index in [1.807, 2.05) is 0 Å². The summed E-state index contributed by atoms with van der Waals surface area (Å²) in [4.78, 5) is 22.0. The van der Waals surface area contributed by atoms with Crippen LogP contribution in [0.15, 0.2) is 49.9 Å². The molecule has 0 saturated heterocycles. The third-order valence-electron chi connectivity index (χ3n) is 3.10. The van der Waals surface area contributed by atoms with Gasteiger partial charge in [-0.15, -0.1) is 0 Å². The summed E-state index contributed by atoms with van der Waals surface area (Å²) in [6.07, 6.45) is 2.10. The van der Waals surface area contributed by atoms with Crippen LogP contribution in [0.25, 0.3) is 6.08 Å². The van der Waals surface area contributed by atoms with Crippen LogP contribution in [-0.2, 0) is 4.79 Å². The van der Waals surface area contributed by atoms with Gasteiger partial charge in [0.25, 0.3) is 0 Å².